The van der Waals surface area contributed by atoms with Gasteiger partial charge in [-0.15, -0.1) is 6.58 Å². The van der Waals surface area contributed by atoms with Crippen molar-refractivity contribution in [2.75, 3.05) is 26.7 Å². The minimum Gasteiger partial charge on any atom is -0.314 e. The van der Waals surface area contributed by atoms with Gasteiger partial charge in [-0.1, -0.05) is 6.08 Å². The second kappa shape index (κ2) is 2.99. The summed E-state index contributed by atoms with van der Waals surface area (Å²) in [6.45, 7) is 7.06. The van der Waals surface area contributed by atoms with Crippen molar-refractivity contribution in [1.29, 1.82) is 0 Å². The molecule has 1 atom stereocenters. The summed E-state index contributed by atoms with van der Waals surface area (Å²) in [7, 11) is 2.13. The molecule has 52 valence electrons. The van der Waals surface area contributed by atoms with E-state index in [2.05, 4.69) is 23.8 Å². The highest BCUT2D eigenvalue weighted by Crippen LogP contribution is 1.98. The molecule has 1 heterocycles. The Morgan fingerprint density at radius 1 is 1.78 bits per heavy atom. The van der Waals surface area contributed by atoms with Crippen LogP contribution in [0.3, 0.4) is 0 Å². The number of likely N-dealkylation sites (N-methyl/N-ethyl adjacent to an activating group) is 1. The van der Waals surface area contributed by atoms with Crippen LogP contribution in [0.5, 0.6) is 0 Å². The molecule has 0 spiro atoms. The zero-order valence-electron chi connectivity index (χ0n) is 5.93. The maximum absolute atomic E-state index is 3.75. The average Bonchev–Trinajstić information content (AvgIpc) is 1.89. The fraction of sp³-hybridized carbons (Fsp3) is 0.714. The maximum atomic E-state index is 3.75. The molecule has 0 aromatic rings. The largest absolute Gasteiger partial charge is 0.314 e. The molecule has 2 nitrogen and oxygen atoms in total. The standard InChI is InChI=1S/C7H14N2/c1-3-7-6-8-4-5-9(7)2/h3,7-8H,1,4-6H2,2H3/t7-/m1/s1. The molecule has 0 aliphatic carbocycles. The van der Waals surface area contributed by atoms with Crippen LogP contribution in [0.1, 0.15) is 0 Å². The first-order chi connectivity index (χ1) is 4.34. The van der Waals surface area contributed by atoms with E-state index < -0.39 is 0 Å². The number of piperazine rings is 1. The third kappa shape index (κ3) is 1.53. The average molecular weight is 126 g/mol. The monoisotopic (exact) mass is 126 g/mol. The SMILES string of the molecule is C=C[C@@H]1CNCCN1C. The molecule has 0 aromatic heterocycles. The predicted octanol–water partition coefficient (Wildman–Crippen LogP) is 0.0760. The van der Waals surface area contributed by atoms with Gasteiger partial charge in [-0.3, -0.25) is 4.90 Å². The van der Waals surface area contributed by atoms with E-state index in [1.165, 1.54) is 0 Å². The van der Waals surface area contributed by atoms with Gasteiger partial charge in [0.25, 0.3) is 0 Å². The first kappa shape index (κ1) is 6.78. The predicted molar refractivity (Wildman–Crippen MR) is 39.5 cm³/mol. The van der Waals surface area contributed by atoms with Crippen LogP contribution in [0.25, 0.3) is 0 Å². The van der Waals surface area contributed by atoms with Crippen molar-refractivity contribution in [3.8, 4) is 0 Å². The Bertz CT molecular complexity index is 101. The van der Waals surface area contributed by atoms with Crippen LogP contribution < -0.4 is 5.32 Å². The highest BCUT2D eigenvalue weighted by Gasteiger charge is 2.13. The summed E-state index contributed by atoms with van der Waals surface area (Å²) in [6, 6.07) is 0.541. The second-order valence-corrected chi connectivity index (χ2v) is 2.49. The smallest absolute Gasteiger partial charge is 0.0398 e. The van der Waals surface area contributed by atoms with Gasteiger partial charge in [-0.25, -0.2) is 0 Å². The summed E-state index contributed by atoms with van der Waals surface area (Å²) < 4.78 is 0. The molecule has 1 saturated heterocycles. The molecule has 0 bridgehead atoms. The van der Waals surface area contributed by atoms with Gasteiger partial charge in [-0.2, -0.15) is 0 Å². The van der Waals surface area contributed by atoms with Crippen molar-refractivity contribution < 1.29 is 0 Å². The Morgan fingerprint density at radius 3 is 3.00 bits per heavy atom. The number of rotatable bonds is 1. The first-order valence-corrected chi connectivity index (χ1v) is 3.38. The summed E-state index contributed by atoms with van der Waals surface area (Å²) in [5, 5.41) is 3.30. The lowest BCUT2D eigenvalue weighted by Gasteiger charge is -2.30. The Kier molecular flexibility index (Phi) is 2.25. The third-order valence-corrected chi connectivity index (χ3v) is 1.83. The molecule has 0 radical (unpaired) electrons. The summed E-state index contributed by atoms with van der Waals surface area (Å²) >= 11 is 0. The molecule has 1 aliphatic heterocycles. The van der Waals surface area contributed by atoms with Crippen LogP contribution in [-0.4, -0.2) is 37.6 Å². The van der Waals surface area contributed by atoms with E-state index in [4.69, 9.17) is 0 Å². The topological polar surface area (TPSA) is 15.3 Å². The van der Waals surface area contributed by atoms with Crippen molar-refractivity contribution in [3.05, 3.63) is 12.7 Å². The van der Waals surface area contributed by atoms with Crippen molar-refractivity contribution >= 4 is 0 Å². The van der Waals surface area contributed by atoms with Gasteiger partial charge in [0, 0.05) is 25.7 Å². The van der Waals surface area contributed by atoms with Crippen LogP contribution in [0.2, 0.25) is 0 Å². The van der Waals surface area contributed by atoms with Gasteiger partial charge >= 0.3 is 0 Å². The quantitative estimate of drug-likeness (QED) is 0.500. The molecular formula is C7H14N2. The zero-order valence-corrected chi connectivity index (χ0v) is 5.93. The lowest BCUT2D eigenvalue weighted by atomic mass is 10.2. The Hall–Kier alpha value is -0.340. The van der Waals surface area contributed by atoms with E-state index in [0.29, 0.717) is 6.04 Å². The highest BCUT2D eigenvalue weighted by atomic mass is 15.2. The van der Waals surface area contributed by atoms with Crippen LogP contribution in [-0.2, 0) is 0 Å². The number of hydrogen-bond donors (Lipinski definition) is 1. The normalized spacial score (nSPS) is 30.1. The van der Waals surface area contributed by atoms with Crippen LogP contribution in [0, 0.1) is 0 Å². The fourth-order valence-corrected chi connectivity index (χ4v) is 1.09. The van der Waals surface area contributed by atoms with Crippen molar-refractivity contribution in [1.82, 2.24) is 10.2 Å². The number of nitrogens with one attached hydrogen (secondary N) is 1. The van der Waals surface area contributed by atoms with Gasteiger partial charge in [0.1, 0.15) is 0 Å². The van der Waals surface area contributed by atoms with Crippen molar-refractivity contribution in [2.24, 2.45) is 0 Å². The van der Waals surface area contributed by atoms with E-state index in [1.54, 1.807) is 0 Å². The summed E-state index contributed by atoms with van der Waals surface area (Å²) in [4.78, 5) is 2.31. The van der Waals surface area contributed by atoms with Gasteiger partial charge in [0.15, 0.2) is 0 Å². The second-order valence-electron chi connectivity index (χ2n) is 2.49. The molecule has 9 heavy (non-hydrogen) atoms. The summed E-state index contributed by atoms with van der Waals surface area (Å²) in [5.74, 6) is 0. The van der Waals surface area contributed by atoms with Crippen LogP contribution in [0.4, 0.5) is 0 Å². The molecule has 0 saturated carbocycles. The van der Waals surface area contributed by atoms with Gasteiger partial charge in [-0.05, 0) is 7.05 Å². The van der Waals surface area contributed by atoms with Gasteiger partial charge < -0.3 is 5.32 Å². The first-order valence-electron chi connectivity index (χ1n) is 3.38. The lowest BCUT2D eigenvalue weighted by molar-refractivity contribution is 0.237. The van der Waals surface area contributed by atoms with E-state index in [0.717, 1.165) is 19.6 Å². The van der Waals surface area contributed by atoms with Crippen molar-refractivity contribution in [2.45, 2.75) is 6.04 Å². The summed E-state index contributed by atoms with van der Waals surface area (Å²) in [6.07, 6.45) is 1.99. The maximum Gasteiger partial charge on any atom is 0.0398 e. The number of hydrogen-bond acceptors (Lipinski definition) is 2. The van der Waals surface area contributed by atoms with Gasteiger partial charge in [0.2, 0.25) is 0 Å². The third-order valence-electron chi connectivity index (χ3n) is 1.83. The zero-order chi connectivity index (χ0) is 6.69. The van der Waals surface area contributed by atoms with E-state index in [-0.39, 0.29) is 0 Å². The minimum atomic E-state index is 0.541. The molecule has 0 aromatic carbocycles. The van der Waals surface area contributed by atoms with Gasteiger partial charge in [0.05, 0.1) is 0 Å². The van der Waals surface area contributed by atoms with E-state index in [1.807, 2.05) is 6.08 Å². The molecule has 0 amide bonds. The highest BCUT2D eigenvalue weighted by molar-refractivity contribution is 4.90. The molecule has 1 aliphatic rings. The van der Waals surface area contributed by atoms with Crippen LogP contribution >= 0.6 is 0 Å². The minimum absolute atomic E-state index is 0.541. The Balaban J connectivity index is 2.38. The van der Waals surface area contributed by atoms with E-state index >= 15 is 0 Å². The number of nitrogens with zero attached hydrogens (tertiary/aromatic N) is 1. The molecule has 1 rings (SSSR count). The molecular weight excluding hydrogens is 112 g/mol. The Morgan fingerprint density at radius 2 is 2.56 bits per heavy atom. The molecule has 1 fully saturated rings. The van der Waals surface area contributed by atoms with E-state index in [9.17, 15) is 0 Å². The molecule has 1 N–H and O–H groups in total. The van der Waals surface area contributed by atoms with Crippen LogP contribution in [0.15, 0.2) is 12.7 Å². The fourth-order valence-electron chi connectivity index (χ4n) is 1.09. The molecule has 2 heteroatoms. The molecule has 0 unspecified atom stereocenters. The summed E-state index contributed by atoms with van der Waals surface area (Å²) in [5.41, 5.74) is 0. The Labute approximate surface area is 56.5 Å². The van der Waals surface area contributed by atoms with Crippen molar-refractivity contribution in [3.63, 3.8) is 0 Å². The lowest BCUT2D eigenvalue weighted by Crippen LogP contribution is -2.48.